The monoisotopic (exact) mass is 415 g/mol. The molecule has 0 radical (unpaired) electrons. The summed E-state index contributed by atoms with van der Waals surface area (Å²) in [7, 11) is 0. The standard InChI is InChI=1S/C20H21N3O3S2/c1-3-14-9-15-19(21-11-22-20(15)28-14)27-10-18(24)23-12(2)13-4-5-16-17(8-13)26-7-6-25-16/h4-5,8-9,11-12H,3,6-7,10H2,1-2H3,(H,23,24)/t12-/m0/s1. The largest absolute Gasteiger partial charge is 0.486 e. The number of hydrogen-bond donors (Lipinski definition) is 1. The predicted octanol–water partition coefficient (Wildman–Crippen LogP) is 3.99. The van der Waals surface area contributed by atoms with E-state index < -0.39 is 0 Å². The van der Waals surface area contributed by atoms with Gasteiger partial charge in [-0.1, -0.05) is 24.8 Å². The average Bonchev–Trinajstić information content (AvgIpc) is 3.16. The van der Waals surface area contributed by atoms with Gasteiger partial charge in [0.05, 0.1) is 11.8 Å². The first kappa shape index (κ1) is 19.0. The van der Waals surface area contributed by atoms with Crippen LogP contribution >= 0.6 is 23.1 Å². The number of ether oxygens (including phenoxy) is 2. The van der Waals surface area contributed by atoms with Crippen LogP contribution in [0.3, 0.4) is 0 Å². The minimum Gasteiger partial charge on any atom is -0.486 e. The van der Waals surface area contributed by atoms with Crippen LogP contribution in [-0.4, -0.2) is 34.8 Å². The van der Waals surface area contributed by atoms with Crippen molar-refractivity contribution in [1.29, 1.82) is 0 Å². The van der Waals surface area contributed by atoms with Gasteiger partial charge in [-0.25, -0.2) is 9.97 Å². The number of carbonyl (C=O) groups is 1. The number of amides is 1. The zero-order valence-electron chi connectivity index (χ0n) is 15.7. The zero-order valence-corrected chi connectivity index (χ0v) is 17.4. The Bertz CT molecular complexity index is 1010. The Morgan fingerprint density at radius 3 is 2.89 bits per heavy atom. The van der Waals surface area contributed by atoms with Crippen molar-refractivity contribution < 1.29 is 14.3 Å². The highest BCUT2D eigenvalue weighted by Gasteiger charge is 2.16. The molecule has 6 nitrogen and oxygen atoms in total. The van der Waals surface area contributed by atoms with E-state index >= 15 is 0 Å². The van der Waals surface area contributed by atoms with Crippen LogP contribution in [0.1, 0.15) is 30.3 Å². The summed E-state index contributed by atoms with van der Waals surface area (Å²) < 4.78 is 11.2. The number of thiophene rings is 1. The normalized spacial score (nSPS) is 14.1. The highest BCUT2D eigenvalue weighted by Crippen LogP contribution is 2.33. The molecule has 146 valence electrons. The first-order chi connectivity index (χ1) is 13.6. The summed E-state index contributed by atoms with van der Waals surface area (Å²) in [6.45, 7) is 5.19. The predicted molar refractivity (Wildman–Crippen MR) is 112 cm³/mol. The smallest absolute Gasteiger partial charge is 0.230 e. The van der Waals surface area contributed by atoms with E-state index in [2.05, 4.69) is 28.3 Å². The van der Waals surface area contributed by atoms with E-state index in [1.165, 1.54) is 16.6 Å². The van der Waals surface area contributed by atoms with Crippen molar-refractivity contribution >= 4 is 39.2 Å². The lowest BCUT2D eigenvalue weighted by molar-refractivity contribution is -0.119. The summed E-state index contributed by atoms with van der Waals surface area (Å²) in [6, 6.07) is 7.77. The second-order valence-electron chi connectivity index (χ2n) is 6.44. The van der Waals surface area contributed by atoms with Gasteiger partial charge in [0.1, 0.15) is 29.4 Å². The highest BCUT2D eigenvalue weighted by atomic mass is 32.2. The van der Waals surface area contributed by atoms with Crippen molar-refractivity contribution in [1.82, 2.24) is 15.3 Å². The molecule has 0 saturated heterocycles. The molecule has 0 spiro atoms. The Labute approximate surface area is 171 Å². The number of thioether (sulfide) groups is 1. The molecule has 28 heavy (non-hydrogen) atoms. The molecule has 3 aromatic rings. The molecule has 0 fully saturated rings. The van der Waals surface area contributed by atoms with Gasteiger partial charge in [0, 0.05) is 10.3 Å². The summed E-state index contributed by atoms with van der Waals surface area (Å²) in [5.74, 6) is 1.74. The minimum atomic E-state index is -0.123. The van der Waals surface area contributed by atoms with E-state index in [4.69, 9.17) is 9.47 Å². The third-order valence-electron chi connectivity index (χ3n) is 4.48. The fourth-order valence-corrected chi connectivity index (χ4v) is 4.79. The van der Waals surface area contributed by atoms with Crippen molar-refractivity contribution in [3.05, 3.63) is 41.0 Å². The van der Waals surface area contributed by atoms with Gasteiger partial charge in [-0.05, 0) is 37.1 Å². The van der Waals surface area contributed by atoms with Crippen LogP contribution in [0.5, 0.6) is 11.5 Å². The summed E-state index contributed by atoms with van der Waals surface area (Å²) >= 11 is 3.12. The number of rotatable bonds is 6. The van der Waals surface area contributed by atoms with Crippen LogP contribution in [0.15, 0.2) is 35.6 Å². The van der Waals surface area contributed by atoms with Crippen molar-refractivity contribution in [2.75, 3.05) is 19.0 Å². The molecule has 4 rings (SSSR count). The molecule has 2 aromatic heterocycles. The third kappa shape index (κ3) is 4.07. The minimum absolute atomic E-state index is 0.0369. The van der Waals surface area contributed by atoms with E-state index in [0.717, 1.165) is 38.7 Å². The molecule has 1 atom stereocenters. The molecular formula is C20H21N3O3S2. The maximum Gasteiger partial charge on any atom is 0.230 e. The maximum atomic E-state index is 12.5. The average molecular weight is 416 g/mol. The van der Waals surface area contributed by atoms with Crippen LogP contribution < -0.4 is 14.8 Å². The quantitative estimate of drug-likeness (QED) is 0.485. The molecule has 1 aromatic carbocycles. The van der Waals surface area contributed by atoms with Crippen LogP contribution in [0.25, 0.3) is 10.2 Å². The summed E-state index contributed by atoms with van der Waals surface area (Å²) in [5, 5.41) is 4.92. The van der Waals surface area contributed by atoms with Crippen molar-refractivity contribution in [3.63, 3.8) is 0 Å². The second-order valence-corrected chi connectivity index (χ2v) is 8.52. The van der Waals surface area contributed by atoms with Gasteiger partial charge < -0.3 is 14.8 Å². The number of aromatic nitrogens is 2. The molecule has 8 heteroatoms. The lowest BCUT2D eigenvalue weighted by atomic mass is 10.1. The number of aryl methyl sites for hydroxylation is 1. The Balaban J connectivity index is 1.39. The fourth-order valence-electron chi connectivity index (χ4n) is 3.00. The molecule has 1 N–H and O–H groups in total. The van der Waals surface area contributed by atoms with E-state index in [-0.39, 0.29) is 11.9 Å². The van der Waals surface area contributed by atoms with Crippen LogP contribution in [-0.2, 0) is 11.2 Å². The SMILES string of the molecule is CCc1cc2c(SCC(=O)N[C@@H](C)c3ccc4c(c3)OCCO4)ncnc2s1. The molecule has 0 bridgehead atoms. The molecule has 3 heterocycles. The Morgan fingerprint density at radius 2 is 2.07 bits per heavy atom. The van der Waals surface area contributed by atoms with Crippen molar-refractivity contribution in [2.24, 2.45) is 0 Å². The molecule has 1 aliphatic heterocycles. The van der Waals surface area contributed by atoms with Crippen LogP contribution in [0.2, 0.25) is 0 Å². The molecule has 1 amide bonds. The van der Waals surface area contributed by atoms with Gasteiger partial charge in [0.25, 0.3) is 0 Å². The first-order valence-corrected chi connectivity index (χ1v) is 11.0. The van der Waals surface area contributed by atoms with Gasteiger partial charge in [0.2, 0.25) is 5.91 Å². The van der Waals surface area contributed by atoms with E-state index in [1.54, 1.807) is 17.7 Å². The zero-order chi connectivity index (χ0) is 19.5. The lowest BCUT2D eigenvalue weighted by Crippen LogP contribution is -2.28. The highest BCUT2D eigenvalue weighted by molar-refractivity contribution is 8.00. The van der Waals surface area contributed by atoms with Gasteiger partial charge >= 0.3 is 0 Å². The van der Waals surface area contributed by atoms with Crippen LogP contribution in [0.4, 0.5) is 0 Å². The second kappa shape index (κ2) is 8.36. The van der Waals surface area contributed by atoms with E-state index in [0.29, 0.717) is 19.0 Å². The van der Waals surface area contributed by atoms with Gasteiger partial charge in [-0.2, -0.15) is 0 Å². The Hall–Kier alpha value is -2.32. The molecule has 0 saturated carbocycles. The lowest BCUT2D eigenvalue weighted by Gasteiger charge is -2.21. The number of carbonyl (C=O) groups excluding carboxylic acids is 1. The number of nitrogens with zero attached hydrogens (tertiary/aromatic N) is 2. The fraction of sp³-hybridized carbons (Fsp3) is 0.350. The van der Waals surface area contributed by atoms with Crippen molar-refractivity contribution in [2.45, 2.75) is 31.3 Å². The maximum absolute atomic E-state index is 12.5. The summed E-state index contributed by atoms with van der Waals surface area (Å²) in [4.78, 5) is 23.4. The number of hydrogen-bond acceptors (Lipinski definition) is 7. The van der Waals surface area contributed by atoms with E-state index in [1.807, 2.05) is 25.1 Å². The van der Waals surface area contributed by atoms with Crippen molar-refractivity contribution in [3.8, 4) is 11.5 Å². The number of fused-ring (bicyclic) bond motifs is 2. The van der Waals surface area contributed by atoms with Gasteiger partial charge in [-0.15, -0.1) is 11.3 Å². The summed E-state index contributed by atoms with van der Waals surface area (Å²) in [5.41, 5.74) is 0.984. The van der Waals surface area contributed by atoms with E-state index in [9.17, 15) is 4.79 Å². The van der Waals surface area contributed by atoms with Crippen LogP contribution in [0, 0.1) is 0 Å². The number of nitrogens with one attached hydrogen (secondary N) is 1. The van der Waals surface area contributed by atoms with Gasteiger partial charge in [-0.3, -0.25) is 4.79 Å². The number of benzene rings is 1. The summed E-state index contributed by atoms with van der Waals surface area (Å²) in [6.07, 6.45) is 2.54. The Morgan fingerprint density at radius 1 is 1.25 bits per heavy atom. The molecule has 1 aliphatic rings. The first-order valence-electron chi connectivity index (χ1n) is 9.19. The third-order valence-corrected chi connectivity index (χ3v) is 6.67. The molecule has 0 aliphatic carbocycles. The Kier molecular flexibility index (Phi) is 5.68. The van der Waals surface area contributed by atoms with Gasteiger partial charge in [0.15, 0.2) is 11.5 Å². The molecular weight excluding hydrogens is 394 g/mol. The topological polar surface area (TPSA) is 73.3 Å². The molecule has 0 unspecified atom stereocenters.